The highest BCUT2D eigenvalue weighted by molar-refractivity contribution is 7.18. The Balaban J connectivity index is 1.98. The third kappa shape index (κ3) is 1.76. The smallest absolute Gasteiger partial charge is 0.0919 e. The average Bonchev–Trinajstić information content (AvgIpc) is 2.99. The van der Waals surface area contributed by atoms with E-state index in [0.717, 1.165) is 16.2 Å². The first-order chi connectivity index (χ1) is 9.31. The molecule has 0 fully saturated rings. The van der Waals surface area contributed by atoms with Gasteiger partial charge in [0.25, 0.3) is 0 Å². The molecule has 0 bridgehead atoms. The third-order valence-corrected chi connectivity index (χ3v) is 4.91. The molecule has 92 valence electrons. The lowest BCUT2D eigenvalue weighted by Crippen LogP contribution is -1.78. The number of hydrogen-bond donors (Lipinski definition) is 0. The predicted molar refractivity (Wildman–Crippen MR) is 83.0 cm³/mol. The van der Waals surface area contributed by atoms with Crippen molar-refractivity contribution in [3.8, 4) is 11.3 Å². The Morgan fingerprint density at radius 3 is 2.84 bits per heavy atom. The van der Waals surface area contributed by atoms with Crippen LogP contribution in [0.1, 0.15) is 5.01 Å². The third-order valence-electron chi connectivity index (χ3n) is 3.15. The summed E-state index contributed by atoms with van der Waals surface area (Å²) < 4.78 is 7.07. The standard InChI is InChI=1S/C15H10N2S2/c1-9-16-12-7-6-10(8-14(12)18-9)15-11-4-2-3-5-13(11)19-17-15/h2-8H,1H3. The van der Waals surface area contributed by atoms with Gasteiger partial charge in [0.15, 0.2) is 0 Å². The Morgan fingerprint density at radius 2 is 1.89 bits per heavy atom. The van der Waals surface area contributed by atoms with E-state index in [9.17, 15) is 0 Å². The highest BCUT2D eigenvalue weighted by Crippen LogP contribution is 2.33. The molecule has 0 spiro atoms. The van der Waals surface area contributed by atoms with Gasteiger partial charge in [-0.3, -0.25) is 0 Å². The molecule has 2 heterocycles. The van der Waals surface area contributed by atoms with Crippen molar-refractivity contribution in [1.82, 2.24) is 9.36 Å². The average molecular weight is 282 g/mol. The van der Waals surface area contributed by atoms with Crippen LogP contribution in [0.5, 0.6) is 0 Å². The van der Waals surface area contributed by atoms with E-state index >= 15 is 0 Å². The summed E-state index contributed by atoms with van der Waals surface area (Å²) in [7, 11) is 0. The van der Waals surface area contributed by atoms with Crippen molar-refractivity contribution >= 4 is 43.2 Å². The second-order valence-corrected chi connectivity index (χ2v) is 6.48. The molecule has 0 N–H and O–H groups in total. The van der Waals surface area contributed by atoms with E-state index in [1.165, 1.54) is 20.3 Å². The lowest BCUT2D eigenvalue weighted by molar-refractivity contribution is 1.35. The van der Waals surface area contributed by atoms with Crippen molar-refractivity contribution in [3.63, 3.8) is 0 Å². The maximum Gasteiger partial charge on any atom is 0.0919 e. The van der Waals surface area contributed by atoms with Gasteiger partial charge in [-0.15, -0.1) is 11.3 Å². The number of rotatable bonds is 1. The number of hydrogen-bond acceptors (Lipinski definition) is 4. The van der Waals surface area contributed by atoms with Crippen molar-refractivity contribution < 1.29 is 0 Å². The van der Waals surface area contributed by atoms with Gasteiger partial charge < -0.3 is 0 Å². The van der Waals surface area contributed by atoms with Crippen LogP contribution in [0.15, 0.2) is 42.5 Å². The van der Waals surface area contributed by atoms with Crippen molar-refractivity contribution in [2.75, 3.05) is 0 Å². The molecule has 0 unspecified atom stereocenters. The minimum Gasteiger partial charge on any atom is -0.242 e. The molecule has 0 atom stereocenters. The van der Waals surface area contributed by atoms with E-state index in [4.69, 9.17) is 0 Å². The zero-order valence-electron chi connectivity index (χ0n) is 10.3. The maximum atomic E-state index is 4.61. The fourth-order valence-electron chi connectivity index (χ4n) is 2.28. The molecular weight excluding hydrogens is 272 g/mol. The quantitative estimate of drug-likeness (QED) is 0.497. The molecule has 4 rings (SSSR count). The summed E-state index contributed by atoms with van der Waals surface area (Å²) in [5, 5.41) is 2.34. The van der Waals surface area contributed by atoms with Gasteiger partial charge in [0.2, 0.25) is 0 Å². The Hall–Kier alpha value is -1.78. The molecule has 19 heavy (non-hydrogen) atoms. The molecule has 4 aromatic rings. The Bertz CT molecular complexity index is 889. The Morgan fingerprint density at radius 1 is 1.00 bits per heavy atom. The summed E-state index contributed by atoms with van der Waals surface area (Å²) in [6, 6.07) is 14.8. The minimum absolute atomic E-state index is 1.07. The number of aromatic nitrogens is 2. The first kappa shape index (κ1) is 11.1. The SMILES string of the molecule is Cc1nc2ccc(-c3nsc4ccccc34)cc2s1. The number of nitrogens with zero attached hydrogens (tertiary/aromatic N) is 2. The van der Waals surface area contributed by atoms with Crippen LogP contribution in [0.2, 0.25) is 0 Å². The monoisotopic (exact) mass is 282 g/mol. The van der Waals surface area contributed by atoms with E-state index in [-0.39, 0.29) is 0 Å². The van der Waals surface area contributed by atoms with Gasteiger partial charge in [-0.2, -0.15) is 4.37 Å². The lowest BCUT2D eigenvalue weighted by Gasteiger charge is -1.98. The van der Waals surface area contributed by atoms with Gasteiger partial charge in [-0.1, -0.05) is 24.3 Å². The molecule has 2 aromatic carbocycles. The minimum atomic E-state index is 1.07. The van der Waals surface area contributed by atoms with Gasteiger partial charge >= 0.3 is 0 Å². The summed E-state index contributed by atoms with van der Waals surface area (Å²) in [4.78, 5) is 4.50. The van der Waals surface area contributed by atoms with Crippen molar-refractivity contribution in [1.29, 1.82) is 0 Å². The highest BCUT2D eigenvalue weighted by Gasteiger charge is 2.09. The van der Waals surface area contributed by atoms with Gasteiger partial charge in [-0.25, -0.2) is 4.98 Å². The molecule has 0 aliphatic carbocycles. The van der Waals surface area contributed by atoms with E-state index in [1.54, 1.807) is 22.9 Å². The van der Waals surface area contributed by atoms with E-state index in [1.807, 2.05) is 6.92 Å². The summed E-state index contributed by atoms with van der Waals surface area (Å²) >= 11 is 3.29. The van der Waals surface area contributed by atoms with E-state index < -0.39 is 0 Å². The van der Waals surface area contributed by atoms with E-state index in [2.05, 4.69) is 51.8 Å². The zero-order valence-corrected chi connectivity index (χ0v) is 11.9. The van der Waals surface area contributed by atoms with Gasteiger partial charge in [0.05, 0.1) is 25.6 Å². The molecule has 0 amide bonds. The van der Waals surface area contributed by atoms with Crippen molar-refractivity contribution in [2.45, 2.75) is 6.92 Å². The van der Waals surface area contributed by atoms with Crippen LogP contribution in [0.3, 0.4) is 0 Å². The summed E-state index contributed by atoms with van der Waals surface area (Å²) in [6.07, 6.45) is 0. The Labute approximate surface area is 118 Å². The van der Waals surface area contributed by atoms with Gasteiger partial charge in [0.1, 0.15) is 0 Å². The topological polar surface area (TPSA) is 25.8 Å². The first-order valence-corrected chi connectivity index (χ1v) is 7.62. The Kier molecular flexibility index (Phi) is 2.40. The van der Waals surface area contributed by atoms with Crippen LogP contribution >= 0.6 is 22.9 Å². The second kappa shape index (κ2) is 4.11. The fraction of sp³-hybridized carbons (Fsp3) is 0.0667. The second-order valence-electron chi connectivity index (χ2n) is 4.44. The molecule has 2 aromatic heterocycles. The van der Waals surface area contributed by atoms with Crippen LogP contribution < -0.4 is 0 Å². The van der Waals surface area contributed by atoms with Gasteiger partial charge in [-0.05, 0) is 36.7 Å². The maximum absolute atomic E-state index is 4.61. The van der Waals surface area contributed by atoms with Crippen molar-refractivity contribution in [2.24, 2.45) is 0 Å². The van der Waals surface area contributed by atoms with Crippen LogP contribution in [0.25, 0.3) is 31.6 Å². The van der Waals surface area contributed by atoms with Crippen LogP contribution in [-0.2, 0) is 0 Å². The number of benzene rings is 2. The number of thiazole rings is 1. The van der Waals surface area contributed by atoms with Crippen molar-refractivity contribution in [3.05, 3.63) is 47.5 Å². The summed E-state index contributed by atoms with van der Waals surface area (Å²) in [5.41, 5.74) is 3.33. The molecule has 4 heteroatoms. The molecule has 0 saturated carbocycles. The zero-order chi connectivity index (χ0) is 12.8. The molecule has 0 radical (unpaired) electrons. The summed E-state index contributed by atoms with van der Waals surface area (Å²) in [6.45, 7) is 2.04. The summed E-state index contributed by atoms with van der Waals surface area (Å²) in [5.74, 6) is 0. The molecular formula is C15H10N2S2. The van der Waals surface area contributed by atoms with Crippen LogP contribution in [0, 0.1) is 6.92 Å². The van der Waals surface area contributed by atoms with Crippen LogP contribution in [-0.4, -0.2) is 9.36 Å². The largest absolute Gasteiger partial charge is 0.242 e. The van der Waals surface area contributed by atoms with Gasteiger partial charge in [0, 0.05) is 10.9 Å². The van der Waals surface area contributed by atoms with Crippen LogP contribution in [0.4, 0.5) is 0 Å². The normalized spacial score (nSPS) is 11.4. The number of fused-ring (bicyclic) bond motifs is 2. The first-order valence-electron chi connectivity index (χ1n) is 6.03. The molecule has 0 aliphatic rings. The van der Waals surface area contributed by atoms with E-state index in [0.29, 0.717) is 0 Å². The fourth-order valence-corrected chi connectivity index (χ4v) is 3.94. The predicted octanol–water partition coefficient (Wildman–Crippen LogP) is 4.88. The number of aryl methyl sites for hydroxylation is 1. The molecule has 0 aliphatic heterocycles. The molecule has 2 nitrogen and oxygen atoms in total. The lowest BCUT2D eigenvalue weighted by atomic mass is 10.1. The molecule has 0 saturated heterocycles. The highest BCUT2D eigenvalue weighted by atomic mass is 32.1.